The molecule has 0 fully saturated rings. The van der Waals surface area contributed by atoms with Gasteiger partial charge in [-0.05, 0) is 48.2 Å². The molecule has 0 aromatic heterocycles. The van der Waals surface area contributed by atoms with Crippen molar-refractivity contribution < 1.29 is 31.2 Å². The van der Waals surface area contributed by atoms with Gasteiger partial charge in [-0.1, -0.05) is 81.9 Å². The third-order valence-electron chi connectivity index (χ3n) is 7.80. The Morgan fingerprint density at radius 1 is 0.909 bits per heavy atom. The highest BCUT2D eigenvalue weighted by atomic mass is 32.2. The lowest BCUT2D eigenvalue weighted by Gasteiger charge is -2.31. The number of carbonyl (C=O) groups is 2. The SMILES string of the molecule is C=C(CN(C(CC(C)C)C(=O)OC)S(=O)(=O)c1ccccc1)C(=O)CC1(C)CN(S(=O)(=O)c2ccccc2)c2ccccc21. The predicted octanol–water partition coefficient (Wildman–Crippen LogP) is 4.95. The average Bonchev–Trinajstić information content (AvgIpc) is 3.31. The predicted molar refractivity (Wildman–Crippen MR) is 169 cm³/mol. The number of esters is 1. The second-order valence-electron chi connectivity index (χ2n) is 11.6. The van der Waals surface area contributed by atoms with E-state index in [9.17, 15) is 26.4 Å². The molecule has 0 radical (unpaired) electrons. The number of hydrogen-bond acceptors (Lipinski definition) is 7. The fourth-order valence-electron chi connectivity index (χ4n) is 5.53. The maximum atomic E-state index is 13.9. The quantitative estimate of drug-likeness (QED) is 0.192. The summed E-state index contributed by atoms with van der Waals surface area (Å²) in [6.07, 6.45) is 0.0353. The number of ketones is 1. The first-order valence-electron chi connectivity index (χ1n) is 14.3. The first kappa shape index (κ1) is 33.1. The largest absolute Gasteiger partial charge is 0.468 e. The van der Waals surface area contributed by atoms with E-state index in [0.717, 1.165) is 4.31 Å². The number of Topliss-reactive ketones (excluding diaryl/α,β-unsaturated/α-hetero) is 1. The minimum absolute atomic E-state index is 0.00670. The number of ether oxygens (including phenoxy) is 1. The highest BCUT2D eigenvalue weighted by Gasteiger charge is 2.46. The smallest absolute Gasteiger partial charge is 0.324 e. The Morgan fingerprint density at radius 3 is 2.02 bits per heavy atom. The van der Waals surface area contributed by atoms with Crippen LogP contribution in [0.2, 0.25) is 0 Å². The Bertz CT molecular complexity index is 1740. The van der Waals surface area contributed by atoms with Crippen molar-refractivity contribution in [1.82, 2.24) is 4.31 Å². The summed E-state index contributed by atoms with van der Waals surface area (Å²) in [5, 5.41) is 0. The van der Waals surface area contributed by atoms with Crippen LogP contribution in [0.3, 0.4) is 0 Å². The lowest BCUT2D eigenvalue weighted by molar-refractivity contribution is -0.145. The van der Waals surface area contributed by atoms with Gasteiger partial charge in [0, 0.05) is 30.5 Å². The third kappa shape index (κ3) is 6.64. The standard InChI is InChI=1S/C33H38N2O7S2/c1-24(2)20-30(32(37)42-5)34(43(38,39)26-14-8-6-9-15-26)22-25(3)31(36)21-33(4)23-35(29-19-13-12-18-28(29)33)44(40,41)27-16-10-7-11-17-27/h6-19,24,30H,3,20-23H2,1-2,4-5H3. The summed E-state index contributed by atoms with van der Waals surface area (Å²) in [5.74, 6) is -1.25. The number of nitrogens with zero attached hydrogens (tertiary/aromatic N) is 2. The molecule has 0 aliphatic carbocycles. The highest BCUT2D eigenvalue weighted by Crippen LogP contribution is 2.45. The molecule has 11 heteroatoms. The minimum atomic E-state index is -4.25. The van der Waals surface area contributed by atoms with Crippen LogP contribution in [0, 0.1) is 5.92 Å². The molecular formula is C33H38N2O7S2. The van der Waals surface area contributed by atoms with Gasteiger partial charge < -0.3 is 4.74 Å². The summed E-state index contributed by atoms with van der Waals surface area (Å²) < 4.78 is 62.4. The number of fused-ring (bicyclic) bond motifs is 1. The molecular weight excluding hydrogens is 601 g/mol. The number of para-hydroxylation sites is 1. The van der Waals surface area contributed by atoms with Crippen LogP contribution in [0.4, 0.5) is 5.69 Å². The molecule has 3 aromatic rings. The molecule has 0 saturated carbocycles. The van der Waals surface area contributed by atoms with E-state index in [-0.39, 0.29) is 40.7 Å². The fraction of sp³-hybridized carbons (Fsp3) is 0.333. The number of sulfonamides is 2. The Hall–Kier alpha value is -3.80. The molecule has 1 aliphatic heterocycles. The van der Waals surface area contributed by atoms with Gasteiger partial charge in [0.05, 0.1) is 22.6 Å². The molecule has 0 N–H and O–H groups in total. The van der Waals surface area contributed by atoms with Crippen LogP contribution in [-0.2, 0) is 39.8 Å². The Morgan fingerprint density at radius 2 is 1.45 bits per heavy atom. The van der Waals surface area contributed by atoms with E-state index in [4.69, 9.17) is 4.74 Å². The van der Waals surface area contributed by atoms with Crippen molar-refractivity contribution in [3.05, 3.63) is 103 Å². The topological polar surface area (TPSA) is 118 Å². The summed E-state index contributed by atoms with van der Waals surface area (Å²) in [5.41, 5.74) is 0.210. The maximum Gasteiger partial charge on any atom is 0.324 e. The number of hydrogen-bond donors (Lipinski definition) is 0. The van der Waals surface area contributed by atoms with E-state index < -0.39 is 49.8 Å². The monoisotopic (exact) mass is 638 g/mol. The van der Waals surface area contributed by atoms with Crippen LogP contribution in [0.1, 0.15) is 39.2 Å². The molecule has 0 spiro atoms. The van der Waals surface area contributed by atoms with Crippen molar-refractivity contribution in [1.29, 1.82) is 0 Å². The highest BCUT2D eigenvalue weighted by molar-refractivity contribution is 7.92. The molecule has 1 aliphatic rings. The normalized spacial score (nSPS) is 17.4. The lowest BCUT2D eigenvalue weighted by Crippen LogP contribution is -2.47. The van der Waals surface area contributed by atoms with Gasteiger partial charge >= 0.3 is 5.97 Å². The van der Waals surface area contributed by atoms with Crippen LogP contribution in [0.15, 0.2) is 107 Å². The second kappa shape index (κ2) is 13.1. The van der Waals surface area contributed by atoms with Crippen LogP contribution in [-0.4, -0.2) is 59.1 Å². The summed E-state index contributed by atoms with van der Waals surface area (Å²) in [6, 6.07) is 21.6. The van der Waals surface area contributed by atoms with Gasteiger partial charge in [-0.2, -0.15) is 4.31 Å². The van der Waals surface area contributed by atoms with Crippen LogP contribution >= 0.6 is 0 Å². The van der Waals surface area contributed by atoms with Gasteiger partial charge in [0.1, 0.15) is 6.04 Å². The average molecular weight is 639 g/mol. The van der Waals surface area contributed by atoms with E-state index >= 15 is 0 Å². The third-order valence-corrected chi connectivity index (χ3v) is 11.4. The fourth-order valence-corrected chi connectivity index (χ4v) is 8.77. The zero-order valence-electron chi connectivity index (χ0n) is 25.3. The molecule has 0 saturated heterocycles. The Labute approximate surface area is 260 Å². The Kier molecular flexibility index (Phi) is 9.82. The van der Waals surface area contributed by atoms with Crippen LogP contribution in [0.25, 0.3) is 0 Å². The molecule has 3 aromatic carbocycles. The number of benzene rings is 3. The van der Waals surface area contributed by atoms with E-state index in [2.05, 4.69) is 6.58 Å². The van der Waals surface area contributed by atoms with Crippen molar-refractivity contribution in [2.24, 2.45) is 5.92 Å². The molecule has 1 heterocycles. The first-order valence-corrected chi connectivity index (χ1v) is 17.1. The Balaban J connectivity index is 1.66. The number of carbonyl (C=O) groups excluding carboxylic acids is 2. The molecule has 4 rings (SSSR count). The van der Waals surface area contributed by atoms with Crippen molar-refractivity contribution in [3.63, 3.8) is 0 Å². The van der Waals surface area contributed by atoms with Gasteiger partial charge in [-0.15, -0.1) is 0 Å². The van der Waals surface area contributed by atoms with Gasteiger partial charge in [-0.25, -0.2) is 16.8 Å². The summed E-state index contributed by atoms with van der Waals surface area (Å²) in [4.78, 5) is 26.8. The molecule has 9 nitrogen and oxygen atoms in total. The molecule has 0 bridgehead atoms. The van der Waals surface area contributed by atoms with Gasteiger partial charge in [0.15, 0.2) is 5.78 Å². The summed E-state index contributed by atoms with van der Waals surface area (Å²) in [6.45, 7) is 9.05. The number of anilines is 1. The van der Waals surface area contributed by atoms with E-state index in [1.807, 2.05) is 20.8 Å². The van der Waals surface area contributed by atoms with E-state index in [1.165, 1.54) is 35.7 Å². The maximum absolute atomic E-state index is 13.9. The minimum Gasteiger partial charge on any atom is -0.468 e. The van der Waals surface area contributed by atoms with Gasteiger partial charge in [0.2, 0.25) is 10.0 Å². The summed E-state index contributed by atoms with van der Waals surface area (Å²) >= 11 is 0. The van der Waals surface area contributed by atoms with Crippen molar-refractivity contribution in [3.8, 4) is 0 Å². The molecule has 2 unspecified atom stereocenters. The van der Waals surface area contributed by atoms with E-state index in [1.54, 1.807) is 60.7 Å². The van der Waals surface area contributed by atoms with Crippen molar-refractivity contribution in [2.45, 2.75) is 54.9 Å². The van der Waals surface area contributed by atoms with Crippen molar-refractivity contribution in [2.75, 3.05) is 24.5 Å². The molecule has 234 valence electrons. The molecule has 0 amide bonds. The van der Waals surface area contributed by atoms with Gasteiger partial charge in [-0.3, -0.25) is 13.9 Å². The van der Waals surface area contributed by atoms with Crippen molar-refractivity contribution >= 4 is 37.5 Å². The number of rotatable bonds is 13. The van der Waals surface area contributed by atoms with Crippen LogP contribution in [0.5, 0.6) is 0 Å². The summed E-state index contributed by atoms with van der Waals surface area (Å²) in [7, 11) is -6.98. The number of methoxy groups -OCH3 is 1. The zero-order chi connectivity index (χ0) is 32.3. The molecule has 44 heavy (non-hydrogen) atoms. The molecule has 2 atom stereocenters. The van der Waals surface area contributed by atoms with Gasteiger partial charge in [0.25, 0.3) is 10.0 Å². The second-order valence-corrected chi connectivity index (χ2v) is 15.4. The first-order chi connectivity index (χ1) is 20.7. The van der Waals surface area contributed by atoms with Crippen LogP contribution < -0.4 is 4.31 Å². The lowest BCUT2D eigenvalue weighted by atomic mass is 9.79. The zero-order valence-corrected chi connectivity index (χ0v) is 27.0. The van der Waals surface area contributed by atoms with E-state index in [0.29, 0.717) is 11.3 Å².